The largest absolute Gasteiger partial charge is 0.313 e. The standard InChI is InChI=1S/C14H30N2/c1-5-7-14(15-6-2)11-16-9-8-12(3)13(4)10-16/h12-15H,5-11H2,1-4H3. The average Bonchev–Trinajstić information content (AvgIpc) is 2.24. The Balaban J connectivity index is 2.33. The number of likely N-dealkylation sites (tertiary alicyclic amines) is 1. The predicted octanol–water partition coefficient (Wildman–Crippen LogP) is 2.74. The summed E-state index contributed by atoms with van der Waals surface area (Å²) < 4.78 is 0. The van der Waals surface area contributed by atoms with Gasteiger partial charge in [-0.15, -0.1) is 0 Å². The molecule has 1 rings (SSSR count). The molecule has 0 aromatic rings. The Morgan fingerprint density at radius 2 is 2.00 bits per heavy atom. The van der Waals surface area contributed by atoms with E-state index >= 15 is 0 Å². The number of hydrogen-bond donors (Lipinski definition) is 1. The van der Waals surface area contributed by atoms with E-state index in [1.165, 1.54) is 38.9 Å². The van der Waals surface area contributed by atoms with Crippen molar-refractivity contribution in [3.05, 3.63) is 0 Å². The summed E-state index contributed by atoms with van der Waals surface area (Å²) >= 11 is 0. The van der Waals surface area contributed by atoms with E-state index in [2.05, 4.69) is 37.9 Å². The van der Waals surface area contributed by atoms with Gasteiger partial charge in [-0.3, -0.25) is 0 Å². The smallest absolute Gasteiger partial charge is 0.0194 e. The van der Waals surface area contributed by atoms with Crippen molar-refractivity contribution in [2.24, 2.45) is 11.8 Å². The van der Waals surface area contributed by atoms with Crippen molar-refractivity contribution in [2.75, 3.05) is 26.2 Å². The topological polar surface area (TPSA) is 15.3 Å². The van der Waals surface area contributed by atoms with Crippen LogP contribution in [-0.2, 0) is 0 Å². The lowest BCUT2D eigenvalue weighted by molar-refractivity contribution is 0.125. The molecule has 16 heavy (non-hydrogen) atoms. The monoisotopic (exact) mass is 226 g/mol. The van der Waals surface area contributed by atoms with Crippen LogP contribution in [0.4, 0.5) is 0 Å². The second-order valence-corrected chi connectivity index (χ2v) is 5.55. The van der Waals surface area contributed by atoms with Crippen LogP contribution in [0.5, 0.6) is 0 Å². The molecule has 0 amide bonds. The lowest BCUT2D eigenvalue weighted by atomic mass is 9.88. The van der Waals surface area contributed by atoms with E-state index in [0.29, 0.717) is 6.04 Å². The van der Waals surface area contributed by atoms with E-state index in [9.17, 15) is 0 Å². The van der Waals surface area contributed by atoms with Crippen molar-refractivity contribution in [3.63, 3.8) is 0 Å². The number of nitrogens with zero attached hydrogens (tertiary/aromatic N) is 1. The molecule has 0 radical (unpaired) electrons. The molecule has 0 aromatic heterocycles. The van der Waals surface area contributed by atoms with E-state index in [1.54, 1.807) is 0 Å². The Hall–Kier alpha value is -0.0800. The highest BCUT2D eigenvalue weighted by Gasteiger charge is 2.23. The first-order valence-electron chi connectivity index (χ1n) is 7.13. The molecule has 1 heterocycles. The van der Waals surface area contributed by atoms with Crippen LogP contribution >= 0.6 is 0 Å². The summed E-state index contributed by atoms with van der Waals surface area (Å²) in [5.74, 6) is 1.79. The van der Waals surface area contributed by atoms with Crippen molar-refractivity contribution < 1.29 is 0 Å². The van der Waals surface area contributed by atoms with Gasteiger partial charge < -0.3 is 10.2 Å². The maximum Gasteiger partial charge on any atom is 0.0194 e. The van der Waals surface area contributed by atoms with E-state index in [0.717, 1.165) is 18.4 Å². The third kappa shape index (κ3) is 4.42. The zero-order valence-electron chi connectivity index (χ0n) is 11.6. The molecule has 3 atom stereocenters. The maximum atomic E-state index is 3.62. The lowest BCUT2D eigenvalue weighted by Crippen LogP contribution is -2.46. The first-order valence-corrected chi connectivity index (χ1v) is 7.13. The average molecular weight is 226 g/mol. The Labute approximate surface area is 102 Å². The fourth-order valence-corrected chi connectivity index (χ4v) is 2.72. The van der Waals surface area contributed by atoms with Crippen molar-refractivity contribution in [2.45, 2.75) is 53.0 Å². The summed E-state index contributed by atoms with van der Waals surface area (Å²) in [5.41, 5.74) is 0. The van der Waals surface area contributed by atoms with Gasteiger partial charge in [-0.25, -0.2) is 0 Å². The third-order valence-electron chi connectivity index (χ3n) is 4.03. The molecule has 2 heteroatoms. The van der Waals surface area contributed by atoms with E-state index in [-0.39, 0.29) is 0 Å². The number of hydrogen-bond acceptors (Lipinski definition) is 2. The zero-order valence-corrected chi connectivity index (χ0v) is 11.6. The molecule has 0 aromatic carbocycles. The Morgan fingerprint density at radius 1 is 1.25 bits per heavy atom. The molecular formula is C14H30N2. The van der Waals surface area contributed by atoms with Gasteiger partial charge in [-0.2, -0.15) is 0 Å². The van der Waals surface area contributed by atoms with E-state index in [4.69, 9.17) is 0 Å². The fraction of sp³-hybridized carbons (Fsp3) is 1.00. The second-order valence-electron chi connectivity index (χ2n) is 5.55. The van der Waals surface area contributed by atoms with Crippen LogP contribution in [0.25, 0.3) is 0 Å². The van der Waals surface area contributed by atoms with Gasteiger partial charge >= 0.3 is 0 Å². The Morgan fingerprint density at radius 3 is 2.56 bits per heavy atom. The summed E-state index contributed by atoms with van der Waals surface area (Å²) in [6, 6.07) is 0.704. The molecule has 1 aliphatic rings. The molecule has 2 nitrogen and oxygen atoms in total. The molecular weight excluding hydrogens is 196 g/mol. The molecule has 3 unspecified atom stereocenters. The Kier molecular flexibility index (Phi) is 6.37. The predicted molar refractivity (Wildman–Crippen MR) is 71.8 cm³/mol. The number of rotatable bonds is 6. The quantitative estimate of drug-likeness (QED) is 0.749. The van der Waals surface area contributed by atoms with Crippen molar-refractivity contribution in [1.29, 1.82) is 0 Å². The SMILES string of the molecule is CCCC(CN1CCC(C)C(C)C1)NCC. The lowest BCUT2D eigenvalue weighted by Gasteiger charge is -2.37. The maximum absolute atomic E-state index is 3.62. The summed E-state index contributed by atoms with van der Waals surface area (Å²) in [7, 11) is 0. The van der Waals surface area contributed by atoms with E-state index < -0.39 is 0 Å². The Bertz CT molecular complexity index is 176. The molecule has 1 saturated heterocycles. The van der Waals surface area contributed by atoms with Gasteiger partial charge in [-0.1, -0.05) is 34.1 Å². The fourth-order valence-electron chi connectivity index (χ4n) is 2.72. The molecule has 0 saturated carbocycles. The first-order chi connectivity index (χ1) is 7.67. The second kappa shape index (κ2) is 7.29. The van der Waals surface area contributed by atoms with Gasteiger partial charge in [0.15, 0.2) is 0 Å². The summed E-state index contributed by atoms with van der Waals surface area (Å²) in [5, 5.41) is 3.62. The van der Waals surface area contributed by atoms with Crippen molar-refractivity contribution in [1.82, 2.24) is 10.2 Å². The van der Waals surface area contributed by atoms with Crippen LogP contribution in [0, 0.1) is 11.8 Å². The number of likely N-dealkylation sites (N-methyl/N-ethyl adjacent to an activating group) is 1. The van der Waals surface area contributed by atoms with Crippen LogP contribution in [-0.4, -0.2) is 37.1 Å². The minimum Gasteiger partial charge on any atom is -0.313 e. The van der Waals surface area contributed by atoms with Crippen LogP contribution < -0.4 is 5.32 Å². The van der Waals surface area contributed by atoms with Gasteiger partial charge in [0.1, 0.15) is 0 Å². The first kappa shape index (κ1) is 14.0. The van der Waals surface area contributed by atoms with Crippen LogP contribution in [0.15, 0.2) is 0 Å². The zero-order chi connectivity index (χ0) is 12.0. The summed E-state index contributed by atoms with van der Waals surface area (Å²) in [6.45, 7) is 14.2. The van der Waals surface area contributed by atoms with Crippen molar-refractivity contribution >= 4 is 0 Å². The van der Waals surface area contributed by atoms with Gasteiger partial charge in [0.05, 0.1) is 0 Å². The van der Waals surface area contributed by atoms with Crippen molar-refractivity contribution in [3.8, 4) is 0 Å². The molecule has 1 aliphatic heterocycles. The van der Waals surface area contributed by atoms with Gasteiger partial charge in [0, 0.05) is 19.1 Å². The highest BCUT2D eigenvalue weighted by Crippen LogP contribution is 2.22. The molecule has 1 N–H and O–H groups in total. The highest BCUT2D eigenvalue weighted by atomic mass is 15.2. The van der Waals surface area contributed by atoms with Gasteiger partial charge in [-0.05, 0) is 37.8 Å². The molecule has 0 aliphatic carbocycles. The number of piperidine rings is 1. The van der Waals surface area contributed by atoms with Crippen LogP contribution in [0.1, 0.15) is 47.0 Å². The highest BCUT2D eigenvalue weighted by molar-refractivity contribution is 4.79. The minimum absolute atomic E-state index is 0.704. The molecule has 0 spiro atoms. The van der Waals surface area contributed by atoms with Crippen LogP contribution in [0.2, 0.25) is 0 Å². The third-order valence-corrected chi connectivity index (χ3v) is 4.03. The molecule has 0 bridgehead atoms. The number of nitrogens with one attached hydrogen (secondary N) is 1. The molecule has 1 fully saturated rings. The summed E-state index contributed by atoms with van der Waals surface area (Å²) in [4.78, 5) is 2.66. The van der Waals surface area contributed by atoms with Crippen LogP contribution in [0.3, 0.4) is 0 Å². The molecule has 96 valence electrons. The van der Waals surface area contributed by atoms with E-state index in [1.807, 2.05) is 0 Å². The van der Waals surface area contributed by atoms with Gasteiger partial charge in [0.25, 0.3) is 0 Å². The minimum atomic E-state index is 0.704. The normalized spacial score (nSPS) is 29.2. The summed E-state index contributed by atoms with van der Waals surface area (Å²) in [6.07, 6.45) is 3.98. The van der Waals surface area contributed by atoms with Gasteiger partial charge in [0.2, 0.25) is 0 Å².